The molecule has 1 amide bonds. The van der Waals surface area contributed by atoms with Crippen LogP contribution < -0.4 is 19.5 Å². The Morgan fingerprint density at radius 2 is 1.94 bits per heavy atom. The number of amides is 1. The Morgan fingerprint density at radius 3 is 2.58 bits per heavy atom. The lowest BCUT2D eigenvalue weighted by Crippen LogP contribution is -2.22. The summed E-state index contributed by atoms with van der Waals surface area (Å²) >= 11 is 1.18. The molecule has 1 aliphatic rings. The SMILES string of the molecule is C=CCOc1cc([C@H]2CC(=O)Nc3c2sc(C(=O)O)c3-c2ccc(OC)cc2)ccc1OC. The van der Waals surface area contributed by atoms with Gasteiger partial charge in [-0.3, -0.25) is 4.79 Å². The van der Waals surface area contributed by atoms with Crippen molar-refractivity contribution in [3.8, 4) is 28.4 Å². The van der Waals surface area contributed by atoms with Crippen LogP contribution in [0.25, 0.3) is 11.1 Å². The van der Waals surface area contributed by atoms with Crippen LogP contribution in [0.4, 0.5) is 5.69 Å². The average Bonchev–Trinajstić information content (AvgIpc) is 3.21. The second-order valence-corrected chi connectivity index (χ2v) is 8.45. The molecule has 0 radical (unpaired) electrons. The lowest BCUT2D eigenvalue weighted by atomic mass is 9.88. The zero-order valence-corrected chi connectivity index (χ0v) is 19.0. The number of rotatable bonds is 8. The molecule has 1 aliphatic heterocycles. The predicted octanol–water partition coefficient (Wildman–Crippen LogP) is 5.17. The molecule has 0 spiro atoms. The number of carboxylic acid groups (broad SMARTS) is 1. The van der Waals surface area contributed by atoms with Crippen molar-refractivity contribution >= 4 is 28.9 Å². The number of carboxylic acids is 1. The van der Waals surface area contributed by atoms with E-state index in [1.54, 1.807) is 50.6 Å². The van der Waals surface area contributed by atoms with E-state index >= 15 is 0 Å². The fourth-order valence-electron chi connectivity index (χ4n) is 3.91. The first kappa shape index (κ1) is 22.4. The summed E-state index contributed by atoms with van der Waals surface area (Å²) in [7, 11) is 3.12. The summed E-state index contributed by atoms with van der Waals surface area (Å²) in [6.07, 6.45) is 1.83. The highest BCUT2D eigenvalue weighted by Crippen LogP contribution is 2.50. The van der Waals surface area contributed by atoms with E-state index in [0.29, 0.717) is 40.7 Å². The standard InChI is InChI=1S/C25H23NO6S/c1-4-11-32-19-12-15(7-10-18(19)31-3)17-13-20(27)26-22-21(24(25(28)29)33-23(17)22)14-5-8-16(30-2)9-6-14/h4-10,12,17H,1,11,13H2,2-3H3,(H,26,27)(H,28,29)/t17-/m1/s1. The lowest BCUT2D eigenvalue weighted by molar-refractivity contribution is -0.116. The van der Waals surface area contributed by atoms with Crippen molar-refractivity contribution in [1.29, 1.82) is 0 Å². The Morgan fingerprint density at radius 1 is 1.18 bits per heavy atom. The molecule has 0 saturated heterocycles. The third-order valence-corrected chi connectivity index (χ3v) is 6.72. The van der Waals surface area contributed by atoms with Gasteiger partial charge in [0.25, 0.3) is 0 Å². The summed E-state index contributed by atoms with van der Waals surface area (Å²) in [5.41, 5.74) is 2.56. The molecule has 4 rings (SSSR count). The van der Waals surface area contributed by atoms with Gasteiger partial charge < -0.3 is 24.6 Å². The number of ether oxygens (including phenoxy) is 3. The van der Waals surface area contributed by atoms with Gasteiger partial charge in [0.15, 0.2) is 11.5 Å². The fraction of sp³-hybridized carbons (Fsp3) is 0.200. The molecule has 0 unspecified atom stereocenters. The lowest BCUT2D eigenvalue weighted by Gasteiger charge is -2.24. The Hall–Kier alpha value is -3.78. The number of nitrogens with one attached hydrogen (secondary N) is 1. The van der Waals surface area contributed by atoms with E-state index in [4.69, 9.17) is 14.2 Å². The van der Waals surface area contributed by atoms with Crippen LogP contribution in [0.15, 0.2) is 55.1 Å². The third kappa shape index (κ3) is 4.29. The van der Waals surface area contributed by atoms with Gasteiger partial charge in [-0.25, -0.2) is 4.79 Å². The first-order valence-corrected chi connectivity index (χ1v) is 11.0. The van der Waals surface area contributed by atoms with Gasteiger partial charge in [0, 0.05) is 22.8 Å². The largest absolute Gasteiger partial charge is 0.497 e. The number of benzene rings is 2. The van der Waals surface area contributed by atoms with Crippen molar-refractivity contribution in [1.82, 2.24) is 0 Å². The first-order chi connectivity index (χ1) is 16.0. The van der Waals surface area contributed by atoms with Crippen molar-refractivity contribution < 1.29 is 28.9 Å². The van der Waals surface area contributed by atoms with Crippen LogP contribution in [-0.4, -0.2) is 37.8 Å². The summed E-state index contributed by atoms with van der Waals surface area (Å²) in [5, 5.41) is 12.8. The maximum atomic E-state index is 12.7. The van der Waals surface area contributed by atoms with E-state index in [0.717, 1.165) is 10.4 Å². The zero-order chi connectivity index (χ0) is 23.5. The smallest absolute Gasteiger partial charge is 0.346 e. The fourth-order valence-corrected chi connectivity index (χ4v) is 5.16. The van der Waals surface area contributed by atoms with E-state index in [9.17, 15) is 14.7 Å². The number of hydrogen-bond donors (Lipinski definition) is 2. The Balaban J connectivity index is 1.85. The maximum absolute atomic E-state index is 12.7. The van der Waals surface area contributed by atoms with Crippen LogP contribution in [-0.2, 0) is 4.79 Å². The Labute approximate surface area is 195 Å². The van der Waals surface area contributed by atoms with Crippen LogP contribution in [0.2, 0.25) is 0 Å². The van der Waals surface area contributed by atoms with Crippen molar-refractivity contribution in [2.75, 3.05) is 26.1 Å². The van der Waals surface area contributed by atoms with E-state index < -0.39 is 5.97 Å². The second kappa shape index (κ2) is 9.38. The van der Waals surface area contributed by atoms with E-state index in [1.165, 1.54) is 11.3 Å². The van der Waals surface area contributed by atoms with Gasteiger partial charge in [-0.2, -0.15) is 0 Å². The van der Waals surface area contributed by atoms with Crippen molar-refractivity contribution in [2.24, 2.45) is 0 Å². The summed E-state index contributed by atoms with van der Waals surface area (Å²) < 4.78 is 16.3. The molecule has 7 nitrogen and oxygen atoms in total. The van der Waals surface area contributed by atoms with Gasteiger partial charge in [-0.1, -0.05) is 30.9 Å². The van der Waals surface area contributed by atoms with Crippen LogP contribution in [0.3, 0.4) is 0 Å². The minimum absolute atomic E-state index is 0.175. The van der Waals surface area contributed by atoms with E-state index in [2.05, 4.69) is 11.9 Å². The predicted molar refractivity (Wildman–Crippen MR) is 127 cm³/mol. The molecular weight excluding hydrogens is 442 g/mol. The summed E-state index contributed by atoms with van der Waals surface area (Å²) in [5.74, 6) is 0.220. The molecule has 0 fully saturated rings. The molecule has 0 saturated carbocycles. The molecule has 2 N–H and O–H groups in total. The third-order valence-electron chi connectivity index (χ3n) is 5.43. The molecule has 170 valence electrons. The Bertz CT molecular complexity index is 1210. The monoisotopic (exact) mass is 465 g/mol. The number of carbonyl (C=O) groups is 2. The highest BCUT2D eigenvalue weighted by molar-refractivity contribution is 7.15. The van der Waals surface area contributed by atoms with Crippen molar-refractivity contribution in [3.05, 3.63) is 70.4 Å². The van der Waals surface area contributed by atoms with Crippen LogP contribution in [0.1, 0.15) is 32.5 Å². The maximum Gasteiger partial charge on any atom is 0.346 e. The number of thiophene rings is 1. The van der Waals surface area contributed by atoms with Crippen LogP contribution in [0.5, 0.6) is 17.2 Å². The minimum atomic E-state index is -1.04. The second-order valence-electron chi connectivity index (χ2n) is 7.39. The number of aromatic carboxylic acids is 1. The number of carbonyl (C=O) groups excluding carboxylic acids is 1. The van der Waals surface area contributed by atoms with Gasteiger partial charge >= 0.3 is 5.97 Å². The molecule has 1 atom stereocenters. The highest BCUT2D eigenvalue weighted by Gasteiger charge is 2.34. The molecule has 0 aliphatic carbocycles. The van der Waals surface area contributed by atoms with Crippen LogP contribution in [0, 0.1) is 0 Å². The molecule has 1 aromatic heterocycles. The summed E-state index contributed by atoms with van der Waals surface area (Å²) in [6, 6.07) is 12.6. The number of methoxy groups -OCH3 is 2. The van der Waals surface area contributed by atoms with E-state index in [1.807, 2.05) is 12.1 Å². The molecular formula is C25H23NO6S. The molecule has 0 bridgehead atoms. The highest BCUT2D eigenvalue weighted by atomic mass is 32.1. The van der Waals surface area contributed by atoms with Gasteiger partial charge in [-0.15, -0.1) is 11.3 Å². The number of fused-ring (bicyclic) bond motifs is 1. The zero-order valence-electron chi connectivity index (χ0n) is 18.2. The normalized spacial score (nSPS) is 14.7. The van der Waals surface area contributed by atoms with Crippen LogP contribution >= 0.6 is 11.3 Å². The molecule has 2 aromatic carbocycles. The van der Waals surface area contributed by atoms with Gasteiger partial charge in [0.1, 0.15) is 17.2 Å². The number of hydrogen-bond acceptors (Lipinski definition) is 6. The average molecular weight is 466 g/mol. The number of anilines is 1. The minimum Gasteiger partial charge on any atom is -0.497 e. The van der Waals surface area contributed by atoms with Gasteiger partial charge in [0.05, 0.1) is 19.9 Å². The molecule has 33 heavy (non-hydrogen) atoms. The topological polar surface area (TPSA) is 94.1 Å². The molecule has 2 heterocycles. The van der Waals surface area contributed by atoms with Crippen molar-refractivity contribution in [3.63, 3.8) is 0 Å². The molecule has 3 aromatic rings. The van der Waals surface area contributed by atoms with Gasteiger partial charge in [0.2, 0.25) is 5.91 Å². The summed E-state index contributed by atoms with van der Waals surface area (Å²) in [4.78, 5) is 25.8. The quantitative estimate of drug-likeness (QED) is 0.446. The molecule has 8 heteroatoms. The van der Waals surface area contributed by atoms with Gasteiger partial charge in [-0.05, 0) is 35.4 Å². The Kier molecular flexibility index (Phi) is 6.37. The van der Waals surface area contributed by atoms with E-state index in [-0.39, 0.29) is 23.1 Å². The summed E-state index contributed by atoms with van der Waals surface area (Å²) in [6.45, 7) is 3.98. The van der Waals surface area contributed by atoms with Crippen molar-refractivity contribution in [2.45, 2.75) is 12.3 Å². The first-order valence-electron chi connectivity index (χ1n) is 10.2.